The lowest BCUT2D eigenvalue weighted by Gasteiger charge is -2.44. The Bertz CT molecular complexity index is 2000. The first-order valence-electron chi connectivity index (χ1n) is 19.4. The zero-order valence-electron chi connectivity index (χ0n) is 35.3. The number of amides is 1. The second kappa shape index (κ2) is 21.7. The number of carbonyl (C=O) groups is 2. The third-order valence-electron chi connectivity index (χ3n) is 10.2. The van der Waals surface area contributed by atoms with Crippen molar-refractivity contribution in [1.29, 1.82) is 0 Å². The summed E-state index contributed by atoms with van der Waals surface area (Å²) in [5.74, 6) is -59.7. The van der Waals surface area contributed by atoms with Gasteiger partial charge in [0.15, 0.2) is 8.32 Å². The Morgan fingerprint density at radius 2 is 1.24 bits per heavy atom. The highest BCUT2D eigenvalue weighted by Gasteiger charge is 2.95. The molecule has 0 spiro atoms. The van der Waals surface area contributed by atoms with Crippen LogP contribution in [0.4, 0.5) is 93.9 Å². The molecule has 0 saturated heterocycles. The Hall–Kier alpha value is -4.69. The van der Waals surface area contributed by atoms with Crippen LogP contribution in [-0.2, 0) is 18.7 Å². The van der Waals surface area contributed by atoms with E-state index in [-0.39, 0.29) is 30.8 Å². The van der Waals surface area contributed by atoms with Gasteiger partial charge in [-0.3, -0.25) is 5.32 Å². The summed E-state index contributed by atoms with van der Waals surface area (Å²) in [6.45, 7) is 7.40. The minimum atomic E-state index is -8.72. The molecular weight excluding hydrogens is 979 g/mol. The minimum absolute atomic E-state index is 0.00402. The van der Waals surface area contributed by atoms with E-state index < -0.39 is 128 Å². The summed E-state index contributed by atoms with van der Waals surface area (Å²) in [5, 5.41) is 2.11. The van der Waals surface area contributed by atoms with Crippen LogP contribution in [0.3, 0.4) is 0 Å². The molecule has 27 heteroatoms. The van der Waals surface area contributed by atoms with Gasteiger partial charge in [-0.2, -0.15) is 74.6 Å². The fraction of sp³-hybridized carbons (Fsp3) is 0.550. The molecule has 1 N–H and O–H groups in total. The van der Waals surface area contributed by atoms with Gasteiger partial charge < -0.3 is 18.6 Å². The predicted molar refractivity (Wildman–Crippen MR) is 203 cm³/mol. The molecule has 0 aliphatic carbocycles. The first kappa shape index (κ1) is 58.4. The largest absolute Gasteiger partial charge is 0.491 e. The Kier molecular flexibility index (Phi) is 18.9. The van der Waals surface area contributed by atoms with Crippen molar-refractivity contribution >= 4 is 26.1 Å². The molecule has 0 radical (unpaired) electrons. The van der Waals surface area contributed by atoms with Gasteiger partial charge in [0.25, 0.3) is 0 Å². The minimum Gasteiger partial charge on any atom is -0.491 e. The van der Waals surface area contributed by atoms with Crippen molar-refractivity contribution in [1.82, 2.24) is 0 Å². The summed E-state index contributed by atoms with van der Waals surface area (Å²) in [5.41, 5.74) is -2.00. The molecule has 0 unspecified atom stereocenters. The monoisotopic (exact) mass is 1020 g/mol. The molecule has 0 aliphatic rings. The van der Waals surface area contributed by atoms with Crippen molar-refractivity contribution < 1.29 is 112 Å². The maximum absolute atomic E-state index is 15.0. The molecule has 2 aromatic carbocycles. The van der Waals surface area contributed by atoms with Crippen LogP contribution in [0.15, 0.2) is 67.3 Å². The molecule has 0 aromatic heterocycles. The van der Waals surface area contributed by atoms with E-state index in [4.69, 9.17) is 18.6 Å². The molecule has 380 valence electrons. The van der Waals surface area contributed by atoms with E-state index in [1.54, 1.807) is 0 Å². The number of hydrogen-bond acceptors (Lipinski definition) is 6. The Labute approximate surface area is 370 Å². The normalized spacial score (nSPS) is 14.4. The first-order valence-corrected chi connectivity index (χ1v) is 21.6. The number of halogens is 19. The standard InChI is InChI=1S/C40H42F19NO6Si/c1-6-18-64-31(61)10-8-7-9-30(66-32(62)60-29-16-13-26(41)22-28(29)42)25-11-14-27(15-12-25)63-19-20-65-67(23(2)3,24(4)5)21-17-33(43,44)34(45,46)35(47,48)36(49,50)37(51,52)38(53,54)39(55,56)40(57,58)59/h6,8,10-16,22-24,30H,1,7,9,17-21H2,2-5H3,(H,60,62)/b10-8+/t30-/m1/s1. The summed E-state index contributed by atoms with van der Waals surface area (Å²) in [7, 11) is -4.05. The number of esters is 1. The Morgan fingerprint density at radius 1 is 0.716 bits per heavy atom. The number of allylic oxidation sites excluding steroid dienone is 1. The molecular formula is C40H42F19NO6Si. The topological polar surface area (TPSA) is 83.1 Å². The van der Waals surface area contributed by atoms with E-state index in [0.29, 0.717) is 6.07 Å². The first-order chi connectivity index (χ1) is 30.4. The van der Waals surface area contributed by atoms with Crippen LogP contribution in [0.25, 0.3) is 0 Å². The average Bonchev–Trinajstić information content (AvgIpc) is 3.21. The summed E-state index contributed by atoms with van der Waals surface area (Å²) in [6, 6.07) is 6.28. The van der Waals surface area contributed by atoms with Crippen LogP contribution < -0.4 is 10.1 Å². The molecule has 0 bridgehead atoms. The third-order valence-corrected chi connectivity index (χ3v) is 15.8. The number of hydrogen-bond donors (Lipinski definition) is 1. The summed E-state index contributed by atoms with van der Waals surface area (Å²) in [4.78, 5) is 24.5. The maximum Gasteiger partial charge on any atom is 0.460 e. The lowest BCUT2D eigenvalue weighted by atomic mass is 9.88. The van der Waals surface area contributed by atoms with Gasteiger partial charge in [0.1, 0.15) is 36.7 Å². The van der Waals surface area contributed by atoms with Gasteiger partial charge in [-0.05, 0) is 59.8 Å². The average molecular weight is 1020 g/mol. The van der Waals surface area contributed by atoms with E-state index in [9.17, 15) is 93.0 Å². The highest BCUT2D eigenvalue weighted by Crippen LogP contribution is 2.64. The fourth-order valence-electron chi connectivity index (χ4n) is 6.29. The number of nitrogens with one attached hydrogen (secondary N) is 1. The van der Waals surface area contributed by atoms with Crippen LogP contribution in [0.1, 0.15) is 58.6 Å². The quantitative estimate of drug-likeness (QED) is 0.0266. The number of ether oxygens (including phenoxy) is 3. The molecule has 67 heavy (non-hydrogen) atoms. The molecule has 0 aliphatic heterocycles. The van der Waals surface area contributed by atoms with Gasteiger partial charge in [0.2, 0.25) is 0 Å². The second-order valence-corrected chi connectivity index (χ2v) is 20.2. The van der Waals surface area contributed by atoms with Gasteiger partial charge in [0, 0.05) is 18.6 Å². The summed E-state index contributed by atoms with van der Waals surface area (Å²) in [6.07, 6.45) is -8.85. The van der Waals surface area contributed by atoms with E-state index in [0.717, 1.165) is 18.2 Å². The van der Waals surface area contributed by atoms with Crippen molar-refractivity contribution in [3.05, 3.63) is 84.5 Å². The van der Waals surface area contributed by atoms with Crippen LogP contribution in [0, 0.1) is 11.6 Å². The molecule has 0 heterocycles. The molecule has 7 nitrogen and oxygen atoms in total. The van der Waals surface area contributed by atoms with Crippen molar-refractivity contribution in [3.63, 3.8) is 0 Å². The molecule has 2 rings (SSSR count). The number of rotatable bonds is 25. The van der Waals surface area contributed by atoms with Gasteiger partial charge in [-0.1, -0.05) is 58.6 Å². The van der Waals surface area contributed by atoms with Crippen molar-refractivity contribution in [3.8, 4) is 5.75 Å². The van der Waals surface area contributed by atoms with E-state index in [2.05, 4.69) is 11.9 Å². The van der Waals surface area contributed by atoms with E-state index in [1.807, 2.05) is 0 Å². The van der Waals surface area contributed by atoms with Crippen LogP contribution in [-0.4, -0.2) is 87.8 Å². The zero-order valence-corrected chi connectivity index (χ0v) is 36.3. The second-order valence-electron chi connectivity index (χ2n) is 15.2. The van der Waals surface area contributed by atoms with Gasteiger partial charge in [-0.15, -0.1) is 0 Å². The van der Waals surface area contributed by atoms with Crippen LogP contribution in [0.2, 0.25) is 17.1 Å². The summed E-state index contributed by atoms with van der Waals surface area (Å²) >= 11 is 0. The highest BCUT2D eigenvalue weighted by atomic mass is 28.4. The predicted octanol–water partition coefficient (Wildman–Crippen LogP) is 13.9. The smallest absolute Gasteiger partial charge is 0.460 e. The van der Waals surface area contributed by atoms with Crippen molar-refractivity contribution in [2.75, 3.05) is 25.1 Å². The van der Waals surface area contributed by atoms with Gasteiger partial charge >= 0.3 is 59.7 Å². The fourth-order valence-corrected chi connectivity index (χ4v) is 10.8. The molecule has 2 aromatic rings. The molecule has 0 saturated carbocycles. The number of benzene rings is 2. The molecule has 1 atom stereocenters. The van der Waals surface area contributed by atoms with E-state index in [1.165, 1.54) is 64.1 Å². The zero-order chi connectivity index (χ0) is 51.8. The number of anilines is 1. The van der Waals surface area contributed by atoms with Crippen molar-refractivity contribution in [2.45, 2.75) is 118 Å². The van der Waals surface area contributed by atoms with Crippen LogP contribution >= 0.6 is 0 Å². The number of carbonyl (C=O) groups excluding carboxylic acids is 2. The molecule has 1 amide bonds. The Morgan fingerprint density at radius 3 is 1.73 bits per heavy atom. The van der Waals surface area contributed by atoms with Gasteiger partial charge in [-0.25, -0.2) is 18.4 Å². The SMILES string of the molecule is C=CCOC(=O)/C=C/CC[C@@H](OC(=O)Nc1ccc(F)cc1F)c1ccc(OCCO[Si](CCC(F)(F)C(F)(F)C(F)(F)C(F)(F)C(F)(F)C(F)(F)C(F)(F)C(F)(F)F)(C(C)C)C(C)C)cc1. The molecule has 0 fully saturated rings. The lowest BCUT2D eigenvalue weighted by molar-refractivity contribution is -0.461. The number of alkyl halides is 17. The van der Waals surface area contributed by atoms with Crippen LogP contribution in [0.5, 0.6) is 5.75 Å². The highest BCUT2D eigenvalue weighted by molar-refractivity contribution is 6.76. The lowest BCUT2D eigenvalue weighted by Crippen LogP contribution is -2.74. The third kappa shape index (κ3) is 12.5. The van der Waals surface area contributed by atoms with Gasteiger partial charge in [0.05, 0.1) is 12.3 Å². The Balaban J connectivity index is 2.28. The van der Waals surface area contributed by atoms with E-state index >= 15 is 0 Å². The van der Waals surface area contributed by atoms with Crippen molar-refractivity contribution in [2.24, 2.45) is 0 Å². The summed E-state index contributed by atoms with van der Waals surface area (Å²) < 4.78 is 285. The maximum atomic E-state index is 15.0.